The second-order valence-electron chi connectivity index (χ2n) is 5.23. The molecule has 2 rings (SSSR count). The van der Waals surface area contributed by atoms with Gasteiger partial charge in [-0.2, -0.15) is 0 Å². The molecule has 0 saturated carbocycles. The summed E-state index contributed by atoms with van der Waals surface area (Å²) in [7, 11) is 5.87. The number of ether oxygens (including phenoxy) is 5. The molecule has 0 fully saturated rings. The van der Waals surface area contributed by atoms with Crippen LogP contribution in [0.4, 0.5) is 5.69 Å². The van der Waals surface area contributed by atoms with E-state index in [1.165, 1.54) is 34.5 Å². The molecule has 8 nitrogen and oxygen atoms in total. The first-order chi connectivity index (χ1) is 13.0. The van der Waals surface area contributed by atoms with Gasteiger partial charge in [-0.25, -0.2) is 4.79 Å². The van der Waals surface area contributed by atoms with Gasteiger partial charge in [0.2, 0.25) is 0 Å². The maximum Gasteiger partial charge on any atom is 0.342 e. The van der Waals surface area contributed by atoms with E-state index in [4.69, 9.17) is 23.7 Å². The fourth-order valence-electron chi connectivity index (χ4n) is 2.34. The highest BCUT2D eigenvalue weighted by Crippen LogP contribution is 2.31. The van der Waals surface area contributed by atoms with Crippen molar-refractivity contribution in [2.24, 2.45) is 0 Å². The van der Waals surface area contributed by atoms with Gasteiger partial charge < -0.3 is 29.0 Å². The number of anilines is 1. The van der Waals surface area contributed by atoms with Gasteiger partial charge in [-0.15, -0.1) is 0 Å². The van der Waals surface area contributed by atoms with E-state index in [2.05, 4.69) is 5.32 Å². The summed E-state index contributed by atoms with van der Waals surface area (Å²) in [6.07, 6.45) is 0. The molecule has 144 valence electrons. The summed E-state index contributed by atoms with van der Waals surface area (Å²) in [5.74, 6) is 0.405. The van der Waals surface area contributed by atoms with E-state index in [1.807, 2.05) is 0 Å². The average molecular weight is 375 g/mol. The highest BCUT2D eigenvalue weighted by molar-refractivity contribution is 5.98. The van der Waals surface area contributed by atoms with E-state index in [0.717, 1.165) is 0 Å². The zero-order valence-electron chi connectivity index (χ0n) is 15.5. The van der Waals surface area contributed by atoms with Crippen molar-refractivity contribution in [3.63, 3.8) is 0 Å². The van der Waals surface area contributed by atoms with Crippen LogP contribution >= 0.6 is 0 Å². The summed E-state index contributed by atoms with van der Waals surface area (Å²) in [5, 5.41) is 2.62. The van der Waals surface area contributed by atoms with Crippen molar-refractivity contribution in [3.05, 3.63) is 42.0 Å². The third-order valence-corrected chi connectivity index (χ3v) is 3.64. The molecular weight excluding hydrogens is 354 g/mol. The monoisotopic (exact) mass is 375 g/mol. The Morgan fingerprint density at radius 1 is 0.889 bits per heavy atom. The van der Waals surface area contributed by atoms with Crippen LogP contribution in [0.1, 0.15) is 10.4 Å². The summed E-state index contributed by atoms with van der Waals surface area (Å²) in [6.45, 7) is -0.478. The zero-order chi connectivity index (χ0) is 19.8. The highest BCUT2D eigenvalue weighted by Gasteiger charge is 2.19. The van der Waals surface area contributed by atoms with E-state index in [9.17, 15) is 9.59 Å². The Kier molecular flexibility index (Phi) is 6.87. The van der Waals surface area contributed by atoms with Crippen molar-refractivity contribution in [1.29, 1.82) is 0 Å². The fourth-order valence-corrected chi connectivity index (χ4v) is 2.34. The minimum atomic E-state index is -0.706. The van der Waals surface area contributed by atoms with E-state index < -0.39 is 18.5 Å². The van der Waals surface area contributed by atoms with Gasteiger partial charge in [-0.1, -0.05) is 6.07 Å². The molecule has 0 heterocycles. The van der Waals surface area contributed by atoms with Gasteiger partial charge in [0.25, 0.3) is 5.91 Å². The number of carbonyl (C=O) groups is 2. The highest BCUT2D eigenvalue weighted by atomic mass is 16.5. The number of hydrogen-bond donors (Lipinski definition) is 1. The molecule has 0 spiro atoms. The lowest BCUT2D eigenvalue weighted by Gasteiger charge is -2.13. The van der Waals surface area contributed by atoms with Gasteiger partial charge in [0, 0.05) is 6.07 Å². The van der Waals surface area contributed by atoms with E-state index in [1.54, 1.807) is 30.3 Å². The number of hydrogen-bond acceptors (Lipinski definition) is 7. The second-order valence-corrected chi connectivity index (χ2v) is 5.23. The molecular formula is C19H21NO7. The average Bonchev–Trinajstić information content (AvgIpc) is 2.71. The lowest BCUT2D eigenvalue weighted by atomic mass is 10.2. The van der Waals surface area contributed by atoms with Crippen molar-refractivity contribution in [2.75, 3.05) is 40.4 Å². The van der Waals surface area contributed by atoms with Gasteiger partial charge in [-0.05, 0) is 24.3 Å². The molecule has 27 heavy (non-hydrogen) atoms. The SMILES string of the molecule is COc1ccc(NC(=O)COC(=O)c2cccc(OC)c2OC)c(OC)c1. The van der Waals surface area contributed by atoms with Crippen LogP contribution in [0.25, 0.3) is 0 Å². The number of para-hydroxylation sites is 1. The third kappa shape index (κ3) is 4.81. The van der Waals surface area contributed by atoms with Gasteiger partial charge in [0.05, 0.1) is 34.1 Å². The van der Waals surface area contributed by atoms with E-state index >= 15 is 0 Å². The maximum absolute atomic E-state index is 12.3. The zero-order valence-corrected chi connectivity index (χ0v) is 15.5. The smallest absolute Gasteiger partial charge is 0.342 e. The van der Waals surface area contributed by atoms with Gasteiger partial charge in [0.15, 0.2) is 18.1 Å². The summed E-state index contributed by atoms with van der Waals surface area (Å²) in [5.41, 5.74) is 0.588. The fraction of sp³-hybridized carbons (Fsp3) is 0.263. The Labute approximate surface area is 156 Å². The van der Waals surface area contributed by atoms with Crippen molar-refractivity contribution in [3.8, 4) is 23.0 Å². The molecule has 0 aliphatic carbocycles. The topological polar surface area (TPSA) is 92.3 Å². The molecule has 1 N–H and O–H groups in total. The number of rotatable bonds is 8. The number of nitrogens with one attached hydrogen (secondary N) is 1. The van der Waals surface area contributed by atoms with Crippen LogP contribution in [0.15, 0.2) is 36.4 Å². The molecule has 2 aromatic rings. The molecule has 0 aromatic heterocycles. The quantitative estimate of drug-likeness (QED) is 0.709. The van der Waals surface area contributed by atoms with E-state index in [-0.39, 0.29) is 11.3 Å². The minimum absolute atomic E-state index is 0.159. The van der Waals surface area contributed by atoms with Gasteiger partial charge >= 0.3 is 5.97 Å². The number of amides is 1. The molecule has 0 unspecified atom stereocenters. The molecule has 0 radical (unpaired) electrons. The minimum Gasteiger partial charge on any atom is -0.497 e. The first-order valence-electron chi connectivity index (χ1n) is 7.94. The molecule has 8 heteroatoms. The van der Waals surface area contributed by atoms with Crippen LogP contribution in [0.2, 0.25) is 0 Å². The molecule has 1 amide bonds. The Balaban J connectivity index is 2.03. The standard InChI is InChI=1S/C19H21NO7/c1-23-12-8-9-14(16(10-12)25-3)20-17(21)11-27-19(22)13-6-5-7-15(24-2)18(13)26-4/h5-10H,11H2,1-4H3,(H,20,21). The molecule has 0 saturated heterocycles. The normalized spacial score (nSPS) is 9.93. The Morgan fingerprint density at radius 2 is 1.63 bits per heavy atom. The number of carbonyl (C=O) groups excluding carboxylic acids is 2. The van der Waals surface area contributed by atoms with Crippen LogP contribution in [0.3, 0.4) is 0 Å². The largest absolute Gasteiger partial charge is 0.497 e. The number of methoxy groups -OCH3 is 4. The van der Waals surface area contributed by atoms with Crippen LogP contribution in [-0.2, 0) is 9.53 Å². The van der Waals surface area contributed by atoms with E-state index in [0.29, 0.717) is 22.9 Å². The van der Waals surface area contributed by atoms with Crippen LogP contribution in [0.5, 0.6) is 23.0 Å². The first-order valence-corrected chi connectivity index (χ1v) is 7.94. The number of benzene rings is 2. The Hall–Kier alpha value is -3.42. The Morgan fingerprint density at radius 3 is 2.26 bits per heavy atom. The van der Waals surface area contributed by atoms with Crippen molar-refractivity contribution in [1.82, 2.24) is 0 Å². The molecule has 2 aromatic carbocycles. The molecule has 0 aliphatic heterocycles. The lowest BCUT2D eigenvalue weighted by molar-refractivity contribution is -0.119. The van der Waals surface area contributed by atoms with Crippen molar-refractivity contribution < 1.29 is 33.3 Å². The summed E-state index contributed by atoms with van der Waals surface area (Å²) in [6, 6.07) is 9.73. The molecule has 0 bridgehead atoms. The Bertz CT molecular complexity index is 820. The summed E-state index contributed by atoms with van der Waals surface area (Å²) < 4.78 is 25.7. The maximum atomic E-state index is 12.3. The molecule has 0 atom stereocenters. The summed E-state index contributed by atoms with van der Waals surface area (Å²) in [4.78, 5) is 24.4. The van der Waals surface area contributed by atoms with Crippen molar-refractivity contribution >= 4 is 17.6 Å². The van der Waals surface area contributed by atoms with Crippen LogP contribution < -0.4 is 24.3 Å². The molecule has 0 aliphatic rings. The lowest BCUT2D eigenvalue weighted by Crippen LogP contribution is -2.21. The first kappa shape index (κ1) is 19.9. The second kappa shape index (κ2) is 9.33. The number of esters is 1. The predicted molar refractivity (Wildman–Crippen MR) is 98.0 cm³/mol. The van der Waals surface area contributed by atoms with Gasteiger partial charge in [-0.3, -0.25) is 4.79 Å². The van der Waals surface area contributed by atoms with Crippen LogP contribution in [0, 0.1) is 0 Å². The third-order valence-electron chi connectivity index (χ3n) is 3.64. The van der Waals surface area contributed by atoms with Crippen LogP contribution in [-0.4, -0.2) is 46.9 Å². The van der Waals surface area contributed by atoms with Crippen molar-refractivity contribution in [2.45, 2.75) is 0 Å². The predicted octanol–water partition coefficient (Wildman–Crippen LogP) is 2.52. The summed E-state index contributed by atoms with van der Waals surface area (Å²) >= 11 is 0. The van der Waals surface area contributed by atoms with Gasteiger partial charge in [0.1, 0.15) is 17.1 Å².